The lowest BCUT2D eigenvalue weighted by molar-refractivity contribution is -0.156. The van der Waals surface area contributed by atoms with Gasteiger partial charge >= 0.3 is 11.9 Å². The first-order chi connectivity index (χ1) is 11.6. The minimum Gasteiger partial charge on any atom is -0.467 e. The summed E-state index contributed by atoms with van der Waals surface area (Å²) in [6.07, 6.45) is 0. The second kappa shape index (κ2) is 6.16. The van der Waals surface area contributed by atoms with Crippen LogP contribution < -0.4 is 5.32 Å². The van der Waals surface area contributed by atoms with Crippen molar-refractivity contribution < 1.29 is 27.9 Å². The van der Waals surface area contributed by atoms with Crippen LogP contribution in [0.1, 0.15) is 41.5 Å². The average molecular weight is 374 g/mol. The molecule has 8 heteroatoms. The van der Waals surface area contributed by atoms with Crippen molar-refractivity contribution in [3.8, 4) is 0 Å². The number of esters is 1. The van der Waals surface area contributed by atoms with E-state index < -0.39 is 41.2 Å². The van der Waals surface area contributed by atoms with Crippen LogP contribution in [0.15, 0.2) is 0 Å². The van der Waals surface area contributed by atoms with E-state index in [-0.39, 0.29) is 17.3 Å². The van der Waals surface area contributed by atoms with Gasteiger partial charge in [0.05, 0.1) is 7.11 Å². The van der Waals surface area contributed by atoms with Gasteiger partial charge in [0.15, 0.2) is 0 Å². The Bertz CT molecular complexity index is 622. The Morgan fingerprint density at radius 2 is 1.73 bits per heavy atom. The van der Waals surface area contributed by atoms with Crippen LogP contribution in [0.25, 0.3) is 0 Å². The maximum atomic E-state index is 13.3. The third-order valence-corrected chi connectivity index (χ3v) is 5.72. The number of rotatable bonds is 4. The van der Waals surface area contributed by atoms with Crippen LogP contribution in [-0.4, -0.2) is 54.3 Å². The molecule has 1 saturated heterocycles. The first kappa shape index (κ1) is 20.6. The highest BCUT2D eigenvalue weighted by Gasteiger charge is 2.70. The monoisotopic (exact) mass is 374 g/mol. The summed E-state index contributed by atoms with van der Waals surface area (Å²) in [6.45, 7) is 9.92. The number of fused-ring (bicyclic) bond motifs is 1. The van der Waals surface area contributed by atoms with Gasteiger partial charge in [0.2, 0.25) is 5.91 Å². The van der Waals surface area contributed by atoms with E-state index in [1.165, 1.54) is 12.0 Å². The van der Waals surface area contributed by atoms with Crippen LogP contribution in [0, 0.1) is 22.7 Å². The maximum absolute atomic E-state index is 13.3. The molecule has 1 aliphatic carbocycles. The molecule has 4 atom stereocenters. The van der Waals surface area contributed by atoms with Crippen LogP contribution in [0.4, 0.5) is 8.78 Å². The largest absolute Gasteiger partial charge is 0.467 e. The molecule has 0 radical (unpaired) electrons. The van der Waals surface area contributed by atoms with Gasteiger partial charge in [0.25, 0.3) is 5.91 Å². The number of piperidine rings is 1. The summed E-state index contributed by atoms with van der Waals surface area (Å²) in [7, 11) is 1.26. The molecule has 1 saturated carbocycles. The minimum absolute atomic E-state index is 0.0252. The summed E-state index contributed by atoms with van der Waals surface area (Å²) in [5, 5.41) is 2.17. The van der Waals surface area contributed by atoms with Crippen molar-refractivity contribution >= 4 is 17.8 Å². The highest BCUT2D eigenvalue weighted by atomic mass is 19.3. The number of carbonyl (C=O) groups is 3. The van der Waals surface area contributed by atoms with Gasteiger partial charge in [0.1, 0.15) is 12.1 Å². The van der Waals surface area contributed by atoms with E-state index in [1.54, 1.807) is 20.8 Å². The molecule has 2 fully saturated rings. The summed E-state index contributed by atoms with van der Waals surface area (Å²) >= 11 is 0. The molecule has 0 aromatic heterocycles. The van der Waals surface area contributed by atoms with E-state index in [2.05, 4.69) is 5.32 Å². The Morgan fingerprint density at radius 3 is 2.15 bits per heavy atom. The third kappa shape index (κ3) is 3.42. The molecular weight excluding hydrogens is 346 g/mol. The lowest BCUT2D eigenvalue weighted by Crippen LogP contribution is -2.59. The Labute approximate surface area is 152 Å². The number of nitrogens with zero attached hydrogens (tertiary/aromatic N) is 1. The fourth-order valence-electron chi connectivity index (χ4n) is 3.98. The van der Waals surface area contributed by atoms with E-state index in [9.17, 15) is 23.2 Å². The molecular formula is C18H28F2N2O4. The summed E-state index contributed by atoms with van der Waals surface area (Å²) in [4.78, 5) is 38.6. The van der Waals surface area contributed by atoms with Crippen LogP contribution in [0.3, 0.4) is 0 Å². The predicted octanol–water partition coefficient (Wildman–Crippen LogP) is 1.83. The van der Waals surface area contributed by atoms with Gasteiger partial charge in [-0.25, -0.2) is 4.79 Å². The van der Waals surface area contributed by atoms with Crippen molar-refractivity contribution in [2.45, 2.75) is 59.5 Å². The summed E-state index contributed by atoms with van der Waals surface area (Å²) in [5.41, 5.74) is -0.881. The van der Waals surface area contributed by atoms with Crippen LogP contribution >= 0.6 is 0 Å². The first-order valence-electron chi connectivity index (χ1n) is 8.71. The Kier molecular flexibility index (Phi) is 4.88. The molecule has 1 heterocycles. The van der Waals surface area contributed by atoms with E-state index in [0.29, 0.717) is 13.5 Å². The van der Waals surface area contributed by atoms with E-state index in [1.807, 2.05) is 13.8 Å². The second-order valence-corrected chi connectivity index (χ2v) is 9.07. The zero-order valence-electron chi connectivity index (χ0n) is 16.4. The van der Waals surface area contributed by atoms with Crippen molar-refractivity contribution in [3.05, 3.63) is 0 Å². The van der Waals surface area contributed by atoms with Gasteiger partial charge in [-0.3, -0.25) is 9.59 Å². The van der Waals surface area contributed by atoms with Gasteiger partial charge in [-0.1, -0.05) is 34.6 Å². The van der Waals surface area contributed by atoms with Crippen molar-refractivity contribution in [2.24, 2.45) is 22.7 Å². The zero-order valence-corrected chi connectivity index (χ0v) is 16.4. The molecule has 1 N–H and O–H groups in total. The van der Waals surface area contributed by atoms with Gasteiger partial charge in [-0.2, -0.15) is 8.78 Å². The Balaban J connectivity index is 2.28. The number of nitrogens with one attached hydrogen (secondary N) is 1. The third-order valence-electron chi connectivity index (χ3n) is 5.72. The van der Waals surface area contributed by atoms with Crippen molar-refractivity contribution in [1.29, 1.82) is 0 Å². The van der Waals surface area contributed by atoms with E-state index in [4.69, 9.17) is 4.74 Å². The molecule has 0 aromatic carbocycles. The second-order valence-electron chi connectivity index (χ2n) is 9.07. The molecule has 0 aromatic rings. The van der Waals surface area contributed by atoms with Crippen molar-refractivity contribution in [1.82, 2.24) is 10.2 Å². The van der Waals surface area contributed by atoms with E-state index in [0.717, 1.165) is 0 Å². The topological polar surface area (TPSA) is 75.7 Å². The van der Waals surface area contributed by atoms with Gasteiger partial charge in [0, 0.05) is 19.4 Å². The number of alkyl halides is 2. The molecule has 0 bridgehead atoms. The van der Waals surface area contributed by atoms with Gasteiger partial charge in [-0.05, 0) is 16.7 Å². The maximum Gasteiger partial charge on any atom is 0.328 e. The summed E-state index contributed by atoms with van der Waals surface area (Å²) in [6, 6.07) is -1.93. The summed E-state index contributed by atoms with van der Waals surface area (Å²) in [5.74, 6) is -6.03. The number of amides is 2. The number of hydrogen-bond donors (Lipinski definition) is 1. The molecule has 2 rings (SSSR count). The fraction of sp³-hybridized carbons (Fsp3) is 0.833. The number of carbonyl (C=O) groups excluding carboxylic acids is 3. The number of methoxy groups -OCH3 is 1. The smallest absolute Gasteiger partial charge is 0.328 e. The molecule has 0 unspecified atom stereocenters. The highest BCUT2D eigenvalue weighted by molar-refractivity contribution is 5.93. The highest BCUT2D eigenvalue weighted by Crippen LogP contribution is 2.65. The first-order valence-corrected chi connectivity index (χ1v) is 8.71. The SMILES string of the molecule is COC(=O)[C@@H]1[C@@H]2[C@H](CN1C(=O)[C@@H](NC(=O)C(C)(F)F)C(C)(C)C)C2(C)C. The molecule has 148 valence electrons. The number of ether oxygens (including phenoxy) is 1. The average Bonchev–Trinajstić information content (AvgIpc) is 2.85. The van der Waals surface area contributed by atoms with Crippen LogP contribution in [0.2, 0.25) is 0 Å². The van der Waals surface area contributed by atoms with Crippen molar-refractivity contribution in [2.75, 3.05) is 13.7 Å². The lowest BCUT2D eigenvalue weighted by atomic mass is 9.85. The molecule has 2 amide bonds. The van der Waals surface area contributed by atoms with Crippen LogP contribution in [-0.2, 0) is 19.1 Å². The molecule has 6 nitrogen and oxygen atoms in total. The zero-order chi connectivity index (χ0) is 20.2. The predicted molar refractivity (Wildman–Crippen MR) is 90.3 cm³/mol. The standard InChI is InChI=1S/C18H28F2N2O4/c1-16(2,3)12(21-15(25)18(6,19)20)13(23)22-8-9-10(17(9,4)5)11(22)14(24)26-7/h9-12H,8H2,1-7H3,(H,21,25)/t9-,10-,11-,12+/m0/s1. The minimum atomic E-state index is -3.60. The normalized spacial score (nSPS) is 28.2. The molecule has 26 heavy (non-hydrogen) atoms. The van der Waals surface area contributed by atoms with Crippen molar-refractivity contribution in [3.63, 3.8) is 0 Å². The van der Waals surface area contributed by atoms with E-state index >= 15 is 0 Å². The molecule has 2 aliphatic rings. The van der Waals surface area contributed by atoms with Gasteiger partial charge < -0.3 is 15.0 Å². The Hall–Kier alpha value is -1.73. The van der Waals surface area contributed by atoms with Gasteiger partial charge in [-0.15, -0.1) is 0 Å². The van der Waals surface area contributed by atoms with Crippen LogP contribution in [0.5, 0.6) is 0 Å². The Morgan fingerprint density at radius 1 is 1.19 bits per heavy atom. The lowest BCUT2D eigenvalue weighted by Gasteiger charge is -2.37. The number of hydrogen-bond acceptors (Lipinski definition) is 4. The quantitative estimate of drug-likeness (QED) is 0.762. The molecule has 1 aliphatic heterocycles. The number of likely N-dealkylation sites (tertiary alicyclic amines) is 1. The summed E-state index contributed by atoms with van der Waals surface area (Å²) < 4.78 is 31.5. The number of halogens is 2. The fourth-order valence-corrected chi connectivity index (χ4v) is 3.98. The molecule has 0 spiro atoms.